The standard InChI is InChI=1S/C22H32N2O2P2/c1-21(2,3)23-27(19-15-11-9-13-17(19)25-7)24(22(4,5)6)28(23)20-16-12-10-14-18(20)26-8/h9-16H,1-8H3. The SMILES string of the molecule is COc1ccccc1P1N(C(C)(C)C)P(c2ccccc2OC)N1C(C)(C)C. The summed E-state index contributed by atoms with van der Waals surface area (Å²) in [5.41, 5.74) is 0.0295. The summed E-state index contributed by atoms with van der Waals surface area (Å²) in [6.45, 7) is 13.8. The molecule has 1 aliphatic heterocycles. The summed E-state index contributed by atoms with van der Waals surface area (Å²) in [6.07, 6.45) is 0. The number of rotatable bonds is 4. The predicted octanol–water partition coefficient (Wildman–Crippen LogP) is 5.49. The first kappa shape index (κ1) is 21.5. The van der Waals surface area contributed by atoms with Gasteiger partial charge in [-0.25, -0.2) is 8.88 Å². The summed E-state index contributed by atoms with van der Waals surface area (Å²) in [6, 6.07) is 16.9. The van der Waals surface area contributed by atoms with Gasteiger partial charge in [-0.1, -0.05) is 24.3 Å². The Balaban J connectivity index is 2.19. The zero-order chi connectivity index (χ0) is 20.7. The van der Waals surface area contributed by atoms with Crippen LogP contribution in [-0.4, -0.2) is 34.2 Å². The zero-order valence-electron chi connectivity index (χ0n) is 18.2. The van der Waals surface area contributed by atoms with E-state index in [0.717, 1.165) is 11.5 Å². The Kier molecular flexibility index (Phi) is 6.09. The van der Waals surface area contributed by atoms with Crippen LogP contribution in [0.5, 0.6) is 11.5 Å². The molecular weight excluding hydrogens is 386 g/mol. The Morgan fingerprint density at radius 1 is 0.607 bits per heavy atom. The highest BCUT2D eigenvalue weighted by molar-refractivity contribution is 7.89. The lowest BCUT2D eigenvalue weighted by Gasteiger charge is -2.65. The molecule has 0 atom stereocenters. The van der Waals surface area contributed by atoms with Gasteiger partial charge in [-0.2, -0.15) is 0 Å². The monoisotopic (exact) mass is 418 g/mol. The van der Waals surface area contributed by atoms with Gasteiger partial charge in [0.05, 0.1) is 30.7 Å². The van der Waals surface area contributed by atoms with Gasteiger partial charge in [-0.15, -0.1) is 0 Å². The normalized spacial score (nSPS) is 21.3. The summed E-state index contributed by atoms with van der Waals surface area (Å²) in [5.74, 6) is 1.93. The Morgan fingerprint density at radius 2 is 0.929 bits per heavy atom. The fraction of sp³-hybridized carbons (Fsp3) is 0.455. The third-order valence-electron chi connectivity index (χ3n) is 4.52. The fourth-order valence-electron chi connectivity index (χ4n) is 3.42. The molecule has 0 saturated carbocycles. The van der Waals surface area contributed by atoms with Crippen molar-refractivity contribution in [3.8, 4) is 11.5 Å². The van der Waals surface area contributed by atoms with Gasteiger partial charge in [0.25, 0.3) is 0 Å². The van der Waals surface area contributed by atoms with Crippen molar-refractivity contribution in [1.29, 1.82) is 0 Å². The van der Waals surface area contributed by atoms with Crippen LogP contribution in [0.1, 0.15) is 41.5 Å². The lowest BCUT2D eigenvalue weighted by atomic mass is 10.1. The van der Waals surface area contributed by atoms with Crippen molar-refractivity contribution in [3.63, 3.8) is 0 Å². The third-order valence-corrected chi connectivity index (χ3v) is 12.0. The van der Waals surface area contributed by atoms with Crippen LogP contribution in [-0.2, 0) is 0 Å². The van der Waals surface area contributed by atoms with Crippen LogP contribution >= 0.6 is 16.4 Å². The van der Waals surface area contributed by atoms with Gasteiger partial charge >= 0.3 is 0 Å². The van der Waals surface area contributed by atoms with Crippen molar-refractivity contribution in [1.82, 2.24) is 8.88 Å². The predicted molar refractivity (Wildman–Crippen MR) is 122 cm³/mol. The van der Waals surface area contributed by atoms with Gasteiger partial charge in [-0.05, 0) is 65.8 Å². The molecule has 2 aromatic carbocycles. The van der Waals surface area contributed by atoms with Crippen molar-refractivity contribution in [2.75, 3.05) is 14.2 Å². The zero-order valence-corrected chi connectivity index (χ0v) is 20.0. The first-order valence-corrected chi connectivity index (χ1v) is 12.1. The van der Waals surface area contributed by atoms with E-state index in [1.165, 1.54) is 10.6 Å². The molecule has 0 N–H and O–H groups in total. The molecule has 152 valence electrons. The van der Waals surface area contributed by atoms with E-state index in [1.807, 2.05) is 12.1 Å². The molecule has 28 heavy (non-hydrogen) atoms. The maximum absolute atomic E-state index is 5.76. The number of benzene rings is 2. The topological polar surface area (TPSA) is 24.9 Å². The van der Waals surface area contributed by atoms with E-state index in [-0.39, 0.29) is 11.1 Å². The van der Waals surface area contributed by atoms with Crippen LogP contribution in [0.3, 0.4) is 0 Å². The molecule has 0 aliphatic carbocycles. The van der Waals surface area contributed by atoms with Crippen molar-refractivity contribution in [2.24, 2.45) is 0 Å². The van der Waals surface area contributed by atoms with Gasteiger partial charge in [0.2, 0.25) is 0 Å². The van der Waals surface area contributed by atoms with Crippen LogP contribution < -0.4 is 20.1 Å². The van der Waals surface area contributed by atoms with E-state index in [4.69, 9.17) is 9.47 Å². The van der Waals surface area contributed by atoms with Crippen molar-refractivity contribution in [3.05, 3.63) is 48.5 Å². The third kappa shape index (κ3) is 3.81. The Hall–Kier alpha value is -1.18. The number of methoxy groups -OCH3 is 2. The smallest absolute Gasteiger partial charge is 0.129 e. The number of para-hydroxylation sites is 2. The molecule has 2 aromatic rings. The highest BCUT2D eigenvalue weighted by atomic mass is 31.3. The van der Waals surface area contributed by atoms with Crippen LogP contribution in [0.15, 0.2) is 48.5 Å². The highest BCUT2D eigenvalue weighted by Gasteiger charge is 2.58. The van der Waals surface area contributed by atoms with Gasteiger partial charge < -0.3 is 9.47 Å². The molecule has 1 heterocycles. The molecule has 1 fully saturated rings. The second kappa shape index (κ2) is 7.92. The lowest BCUT2D eigenvalue weighted by molar-refractivity contribution is 0.289. The molecule has 0 radical (unpaired) electrons. The van der Waals surface area contributed by atoms with Crippen molar-refractivity contribution < 1.29 is 9.47 Å². The first-order chi connectivity index (χ1) is 13.1. The molecule has 0 amide bonds. The number of nitrogens with zero attached hydrogens (tertiary/aromatic N) is 2. The molecule has 0 bridgehead atoms. The number of hydrogen-bond donors (Lipinski definition) is 0. The van der Waals surface area contributed by atoms with Crippen LogP contribution in [0.25, 0.3) is 0 Å². The van der Waals surface area contributed by atoms with E-state index in [0.29, 0.717) is 0 Å². The molecule has 4 nitrogen and oxygen atoms in total. The van der Waals surface area contributed by atoms with E-state index < -0.39 is 16.4 Å². The Morgan fingerprint density at radius 3 is 1.21 bits per heavy atom. The average molecular weight is 418 g/mol. The molecular formula is C22H32N2O2P2. The summed E-state index contributed by atoms with van der Waals surface area (Å²) in [7, 11) is 2.15. The van der Waals surface area contributed by atoms with Gasteiger partial charge in [0.1, 0.15) is 11.5 Å². The Bertz CT molecular complexity index is 752. The minimum atomic E-state index is -0.688. The minimum absolute atomic E-state index is 0.0147. The van der Waals surface area contributed by atoms with Crippen LogP contribution in [0, 0.1) is 0 Å². The van der Waals surface area contributed by atoms with Gasteiger partial charge in [-0.3, -0.25) is 0 Å². The quantitative estimate of drug-likeness (QED) is 0.613. The largest absolute Gasteiger partial charge is 0.496 e. The van der Waals surface area contributed by atoms with Gasteiger partial charge in [0.15, 0.2) is 0 Å². The molecule has 0 aromatic heterocycles. The summed E-state index contributed by atoms with van der Waals surface area (Å²) in [4.78, 5) is 0. The highest BCUT2D eigenvalue weighted by Crippen LogP contribution is 2.80. The summed E-state index contributed by atoms with van der Waals surface area (Å²) < 4.78 is 16.9. The second-order valence-electron chi connectivity index (χ2n) is 8.84. The molecule has 0 unspecified atom stereocenters. The minimum Gasteiger partial charge on any atom is -0.496 e. The molecule has 0 spiro atoms. The summed E-state index contributed by atoms with van der Waals surface area (Å²) >= 11 is 0. The average Bonchev–Trinajstić information content (AvgIpc) is 2.59. The molecule has 6 heteroatoms. The molecule has 1 saturated heterocycles. The van der Waals surface area contributed by atoms with Gasteiger partial charge in [0, 0.05) is 21.7 Å². The van der Waals surface area contributed by atoms with Crippen molar-refractivity contribution in [2.45, 2.75) is 52.6 Å². The van der Waals surface area contributed by atoms with E-state index in [1.54, 1.807) is 14.2 Å². The van der Waals surface area contributed by atoms with E-state index >= 15 is 0 Å². The van der Waals surface area contributed by atoms with Crippen LogP contribution in [0.2, 0.25) is 0 Å². The molecule has 1 aliphatic rings. The van der Waals surface area contributed by atoms with E-state index in [9.17, 15) is 0 Å². The number of hydrogen-bond acceptors (Lipinski definition) is 4. The van der Waals surface area contributed by atoms with E-state index in [2.05, 4.69) is 86.8 Å². The molecule has 3 rings (SSSR count). The maximum Gasteiger partial charge on any atom is 0.129 e. The van der Waals surface area contributed by atoms with Crippen LogP contribution in [0.4, 0.5) is 0 Å². The first-order valence-electron chi connectivity index (χ1n) is 9.57. The second-order valence-corrected chi connectivity index (χ2v) is 13.2. The Labute approximate surface area is 172 Å². The maximum atomic E-state index is 5.76. The van der Waals surface area contributed by atoms with Crippen molar-refractivity contribution >= 4 is 27.1 Å². The number of ether oxygens (including phenoxy) is 2. The summed E-state index contributed by atoms with van der Waals surface area (Å²) in [5, 5.41) is 2.55. The lowest BCUT2D eigenvalue weighted by Crippen LogP contribution is -2.57. The fourth-order valence-corrected chi connectivity index (χ4v) is 10.9.